The van der Waals surface area contributed by atoms with Crippen LogP contribution in [0.1, 0.15) is 6.42 Å². The van der Waals surface area contributed by atoms with Crippen LogP contribution >= 0.6 is 0 Å². The van der Waals surface area contributed by atoms with E-state index >= 15 is 0 Å². The van der Waals surface area contributed by atoms with Crippen LogP contribution in [-0.4, -0.2) is 31.1 Å². The molecule has 9 heteroatoms. The maximum atomic E-state index is 11.7. The zero-order chi connectivity index (χ0) is 11.5. The van der Waals surface area contributed by atoms with Gasteiger partial charge in [0.25, 0.3) is 10.0 Å². The minimum absolute atomic E-state index is 0.260. The number of alkyl halides is 3. The Morgan fingerprint density at radius 3 is 2.60 bits per heavy atom. The van der Waals surface area contributed by atoms with Crippen LogP contribution in [0.15, 0.2) is 17.6 Å². The third kappa shape index (κ3) is 3.88. The number of nitrogens with one attached hydrogen (secondary N) is 2. The number of hydrogen-bond acceptors (Lipinski definition) is 3. The Morgan fingerprint density at radius 2 is 2.13 bits per heavy atom. The summed E-state index contributed by atoms with van der Waals surface area (Å²) in [6.07, 6.45) is -3.45. The van der Waals surface area contributed by atoms with Gasteiger partial charge in [-0.05, 0) is 0 Å². The number of sulfonamides is 1. The first kappa shape index (κ1) is 12.0. The van der Waals surface area contributed by atoms with Gasteiger partial charge in [0.2, 0.25) is 0 Å². The highest BCUT2D eigenvalue weighted by molar-refractivity contribution is 7.89. The molecule has 5 nitrogen and oxygen atoms in total. The lowest BCUT2D eigenvalue weighted by Gasteiger charge is -2.06. The molecule has 1 heterocycles. The van der Waals surface area contributed by atoms with Crippen LogP contribution in [0.3, 0.4) is 0 Å². The van der Waals surface area contributed by atoms with E-state index in [1.807, 2.05) is 0 Å². The van der Waals surface area contributed by atoms with Crippen molar-refractivity contribution in [3.8, 4) is 0 Å². The Bertz CT molecular complexity index is 398. The summed E-state index contributed by atoms with van der Waals surface area (Å²) in [6, 6.07) is 0. The number of H-pyrrole nitrogens is 1. The summed E-state index contributed by atoms with van der Waals surface area (Å²) in [7, 11) is -3.91. The highest BCUT2D eigenvalue weighted by Crippen LogP contribution is 2.18. The SMILES string of the molecule is O=S(=O)(NCCC(F)(F)F)c1cnc[nH]1. The van der Waals surface area contributed by atoms with Crippen molar-refractivity contribution in [3.05, 3.63) is 12.5 Å². The molecular formula is C6H8F3N3O2S. The van der Waals surface area contributed by atoms with Crippen LogP contribution in [0.4, 0.5) is 13.2 Å². The van der Waals surface area contributed by atoms with Crippen LogP contribution in [0.5, 0.6) is 0 Å². The van der Waals surface area contributed by atoms with E-state index < -0.39 is 29.2 Å². The van der Waals surface area contributed by atoms with Gasteiger partial charge < -0.3 is 4.98 Å². The van der Waals surface area contributed by atoms with Gasteiger partial charge in [-0.3, -0.25) is 0 Å². The first-order valence-electron chi connectivity index (χ1n) is 3.86. The molecule has 86 valence electrons. The van der Waals surface area contributed by atoms with E-state index in [1.54, 1.807) is 4.72 Å². The summed E-state index contributed by atoms with van der Waals surface area (Å²) in [4.78, 5) is 5.73. The van der Waals surface area contributed by atoms with Crippen molar-refractivity contribution in [2.45, 2.75) is 17.6 Å². The van der Waals surface area contributed by atoms with Crippen molar-refractivity contribution < 1.29 is 21.6 Å². The van der Waals surface area contributed by atoms with Crippen molar-refractivity contribution in [1.82, 2.24) is 14.7 Å². The standard InChI is InChI=1S/C6H8F3N3O2S/c7-6(8,9)1-2-12-15(13,14)5-3-10-4-11-5/h3-4,12H,1-2H2,(H,10,11). The summed E-state index contributed by atoms with van der Waals surface area (Å²) < 4.78 is 59.4. The van der Waals surface area contributed by atoms with Crippen LogP contribution in [-0.2, 0) is 10.0 Å². The molecule has 0 unspecified atom stereocenters. The van der Waals surface area contributed by atoms with Crippen molar-refractivity contribution in [2.24, 2.45) is 0 Å². The zero-order valence-electron chi connectivity index (χ0n) is 7.37. The van der Waals surface area contributed by atoms with Gasteiger partial charge in [-0.1, -0.05) is 0 Å². The summed E-state index contributed by atoms with van der Waals surface area (Å²) >= 11 is 0. The van der Waals surface area contributed by atoms with Gasteiger partial charge in [-0.2, -0.15) is 13.2 Å². The van der Waals surface area contributed by atoms with Crippen LogP contribution in [0.2, 0.25) is 0 Å². The molecule has 0 saturated carbocycles. The number of aromatic amines is 1. The van der Waals surface area contributed by atoms with Gasteiger partial charge in [0.1, 0.15) is 0 Å². The van der Waals surface area contributed by atoms with Crippen LogP contribution < -0.4 is 4.72 Å². The largest absolute Gasteiger partial charge is 0.390 e. The van der Waals surface area contributed by atoms with E-state index in [4.69, 9.17) is 0 Å². The Labute approximate surface area is 83.8 Å². The Kier molecular flexibility index (Phi) is 3.35. The number of rotatable bonds is 4. The number of imidazole rings is 1. The van der Waals surface area contributed by atoms with Crippen molar-refractivity contribution >= 4 is 10.0 Å². The molecule has 0 amide bonds. The summed E-state index contributed by atoms with van der Waals surface area (Å²) in [6.45, 7) is -0.690. The molecule has 0 aliphatic rings. The topological polar surface area (TPSA) is 74.8 Å². The van der Waals surface area contributed by atoms with Gasteiger partial charge in [0.05, 0.1) is 18.9 Å². The smallest absolute Gasteiger partial charge is 0.335 e. The molecule has 0 saturated heterocycles. The van der Waals surface area contributed by atoms with Crippen LogP contribution in [0.25, 0.3) is 0 Å². The van der Waals surface area contributed by atoms with E-state index in [0.29, 0.717) is 0 Å². The summed E-state index contributed by atoms with van der Waals surface area (Å²) in [5, 5.41) is -0.260. The molecule has 2 N–H and O–H groups in total. The molecule has 0 radical (unpaired) electrons. The Hall–Kier alpha value is -1.09. The predicted octanol–water partition coefficient (Wildman–Crippen LogP) is 0.640. The third-order valence-corrected chi connectivity index (χ3v) is 2.85. The average Bonchev–Trinajstić information content (AvgIpc) is 2.52. The number of nitrogens with zero attached hydrogens (tertiary/aromatic N) is 1. The zero-order valence-corrected chi connectivity index (χ0v) is 8.19. The quantitative estimate of drug-likeness (QED) is 0.814. The molecule has 0 fully saturated rings. The Balaban J connectivity index is 2.53. The molecular weight excluding hydrogens is 235 g/mol. The van der Waals surface area contributed by atoms with E-state index in [2.05, 4.69) is 9.97 Å². The summed E-state index contributed by atoms with van der Waals surface area (Å²) in [5.74, 6) is 0. The second kappa shape index (κ2) is 4.19. The minimum Gasteiger partial charge on any atom is -0.335 e. The highest BCUT2D eigenvalue weighted by Gasteiger charge is 2.27. The first-order valence-corrected chi connectivity index (χ1v) is 5.34. The van der Waals surface area contributed by atoms with Crippen molar-refractivity contribution in [3.63, 3.8) is 0 Å². The molecule has 0 aliphatic heterocycles. The van der Waals surface area contributed by atoms with Gasteiger partial charge >= 0.3 is 6.18 Å². The lowest BCUT2D eigenvalue weighted by atomic mass is 10.4. The van der Waals surface area contributed by atoms with Crippen LogP contribution in [0, 0.1) is 0 Å². The maximum Gasteiger partial charge on any atom is 0.390 e. The molecule has 0 aliphatic carbocycles. The fourth-order valence-corrected chi connectivity index (χ4v) is 1.73. The molecule has 1 aromatic heterocycles. The highest BCUT2D eigenvalue weighted by atomic mass is 32.2. The number of halogens is 3. The normalized spacial score (nSPS) is 13.0. The lowest BCUT2D eigenvalue weighted by Crippen LogP contribution is -2.28. The second-order valence-corrected chi connectivity index (χ2v) is 4.41. The van der Waals surface area contributed by atoms with E-state index in [-0.39, 0.29) is 5.03 Å². The minimum atomic E-state index is -4.38. The second-order valence-electron chi connectivity index (χ2n) is 2.68. The number of hydrogen-bond donors (Lipinski definition) is 2. The monoisotopic (exact) mass is 243 g/mol. The predicted molar refractivity (Wildman–Crippen MR) is 44.4 cm³/mol. The van der Waals surface area contributed by atoms with Gasteiger partial charge in [0, 0.05) is 6.54 Å². The van der Waals surface area contributed by atoms with E-state index in [0.717, 1.165) is 12.5 Å². The molecule has 0 spiro atoms. The Morgan fingerprint density at radius 1 is 1.47 bits per heavy atom. The fraction of sp³-hybridized carbons (Fsp3) is 0.500. The maximum absolute atomic E-state index is 11.7. The summed E-state index contributed by atoms with van der Waals surface area (Å²) in [5.41, 5.74) is 0. The fourth-order valence-electron chi connectivity index (χ4n) is 0.795. The molecule has 0 aromatic carbocycles. The third-order valence-electron chi connectivity index (χ3n) is 1.46. The van der Waals surface area contributed by atoms with Gasteiger partial charge in [-0.25, -0.2) is 18.1 Å². The average molecular weight is 243 g/mol. The van der Waals surface area contributed by atoms with E-state index in [1.165, 1.54) is 0 Å². The lowest BCUT2D eigenvalue weighted by molar-refractivity contribution is -0.132. The molecule has 1 aromatic rings. The van der Waals surface area contributed by atoms with Gasteiger partial charge in [0.15, 0.2) is 5.03 Å². The molecule has 1 rings (SSSR count). The van der Waals surface area contributed by atoms with Crippen molar-refractivity contribution in [2.75, 3.05) is 6.54 Å². The molecule has 0 bridgehead atoms. The molecule has 0 atom stereocenters. The first-order chi connectivity index (χ1) is 6.81. The van der Waals surface area contributed by atoms with Gasteiger partial charge in [-0.15, -0.1) is 0 Å². The number of aromatic nitrogens is 2. The molecule has 15 heavy (non-hydrogen) atoms. The van der Waals surface area contributed by atoms with E-state index in [9.17, 15) is 21.6 Å². The van der Waals surface area contributed by atoms with Crippen molar-refractivity contribution in [1.29, 1.82) is 0 Å².